The molecule has 0 aliphatic rings. The third-order valence-electron chi connectivity index (χ3n) is 3.99. The quantitative estimate of drug-likeness (QED) is 0.411. The maximum Gasteiger partial charge on any atom is 0.228 e. The predicted molar refractivity (Wildman–Crippen MR) is 112 cm³/mol. The maximum absolute atomic E-state index is 9.36. The monoisotopic (exact) mass is 414 g/mol. The lowest BCUT2D eigenvalue weighted by Crippen LogP contribution is -1.92. The normalized spacial score (nSPS) is 10.3. The molecule has 29 heavy (non-hydrogen) atoms. The van der Waals surface area contributed by atoms with E-state index >= 15 is 0 Å². The fourth-order valence-corrected chi connectivity index (χ4v) is 2.80. The van der Waals surface area contributed by atoms with E-state index in [2.05, 4.69) is 4.98 Å². The van der Waals surface area contributed by atoms with Crippen molar-refractivity contribution in [2.24, 2.45) is 0 Å². The first kappa shape index (κ1) is 20.2. The lowest BCUT2D eigenvalue weighted by Gasteiger charge is -2.05. The number of phenols is 2. The number of fused-ring (bicyclic) bond motifs is 1. The van der Waals surface area contributed by atoms with Crippen molar-refractivity contribution in [2.75, 3.05) is 20.0 Å². The minimum absolute atomic E-state index is 0.0810. The Morgan fingerprint density at radius 1 is 0.931 bits per heavy atom. The molecular formula is C21H19ClN2O5. The smallest absolute Gasteiger partial charge is 0.228 e. The first-order chi connectivity index (χ1) is 13.9. The van der Waals surface area contributed by atoms with E-state index < -0.39 is 0 Å². The van der Waals surface area contributed by atoms with Crippen molar-refractivity contribution in [2.45, 2.75) is 0 Å². The maximum atomic E-state index is 9.36. The Morgan fingerprint density at radius 3 is 2.31 bits per heavy atom. The third-order valence-corrected chi connectivity index (χ3v) is 4.30. The molecule has 0 amide bonds. The number of phenolic OH excluding ortho intramolecular Hbond substituents is 2. The SMILES string of the molecule is COc1ccc(OC)c(N)c1.Oc1ccc(-c2nc3cc(O)ccc3o2)c(Cl)c1. The van der Waals surface area contributed by atoms with Crippen LogP contribution < -0.4 is 15.2 Å². The van der Waals surface area contributed by atoms with Gasteiger partial charge < -0.3 is 29.8 Å². The van der Waals surface area contributed by atoms with E-state index in [0.29, 0.717) is 39.0 Å². The number of nitrogens with zero attached hydrogens (tertiary/aromatic N) is 1. The lowest BCUT2D eigenvalue weighted by atomic mass is 10.2. The van der Waals surface area contributed by atoms with E-state index in [1.807, 2.05) is 0 Å². The van der Waals surface area contributed by atoms with Crippen LogP contribution in [-0.2, 0) is 0 Å². The molecule has 1 aromatic heterocycles. The van der Waals surface area contributed by atoms with Crippen LogP contribution in [0, 0.1) is 0 Å². The summed E-state index contributed by atoms with van der Waals surface area (Å²) in [4.78, 5) is 4.24. The molecule has 0 bridgehead atoms. The molecule has 0 aliphatic carbocycles. The summed E-state index contributed by atoms with van der Waals surface area (Å²) in [5, 5.41) is 19.0. The number of hydrogen-bond acceptors (Lipinski definition) is 7. The molecule has 150 valence electrons. The van der Waals surface area contributed by atoms with Gasteiger partial charge in [-0.2, -0.15) is 0 Å². The Morgan fingerprint density at radius 2 is 1.66 bits per heavy atom. The Hall–Kier alpha value is -3.58. The first-order valence-corrected chi connectivity index (χ1v) is 8.85. The van der Waals surface area contributed by atoms with E-state index in [0.717, 1.165) is 5.75 Å². The summed E-state index contributed by atoms with van der Waals surface area (Å²) in [6.07, 6.45) is 0. The zero-order valence-corrected chi connectivity index (χ0v) is 16.5. The molecule has 0 saturated carbocycles. The average molecular weight is 415 g/mol. The molecule has 8 heteroatoms. The summed E-state index contributed by atoms with van der Waals surface area (Å²) in [5.74, 6) is 1.96. The molecular weight excluding hydrogens is 396 g/mol. The molecule has 4 rings (SSSR count). The van der Waals surface area contributed by atoms with Gasteiger partial charge in [0, 0.05) is 12.1 Å². The van der Waals surface area contributed by atoms with Crippen LogP contribution in [-0.4, -0.2) is 29.4 Å². The van der Waals surface area contributed by atoms with Gasteiger partial charge >= 0.3 is 0 Å². The Bertz CT molecular complexity index is 1140. The van der Waals surface area contributed by atoms with Crippen molar-refractivity contribution < 1.29 is 24.1 Å². The van der Waals surface area contributed by atoms with Crippen LogP contribution in [0.5, 0.6) is 23.0 Å². The van der Waals surface area contributed by atoms with Gasteiger partial charge in [0.1, 0.15) is 28.5 Å². The fourth-order valence-electron chi connectivity index (χ4n) is 2.55. The Balaban J connectivity index is 0.000000188. The number of methoxy groups -OCH3 is 2. The van der Waals surface area contributed by atoms with E-state index in [-0.39, 0.29) is 11.5 Å². The zero-order chi connectivity index (χ0) is 21.0. The van der Waals surface area contributed by atoms with Crippen LogP contribution in [0.15, 0.2) is 59.0 Å². The molecule has 0 spiro atoms. The topological polar surface area (TPSA) is 111 Å². The van der Waals surface area contributed by atoms with Gasteiger partial charge in [0.05, 0.1) is 30.5 Å². The average Bonchev–Trinajstić information content (AvgIpc) is 3.11. The molecule has 4 N–H and O–H groups in total. The van der Waals surface area contributed by atoms with Crippen molar-refractivity contribution in [1.29, 1.82) is 0 Å². The van der Waals surface area contributed by atoms with E-state index in [1.165, 1.54) is 24.3 Å². The predicted octanol–water partition coefficient (Wildman–Crippen LogP) is 4.85. The molecule has 7 nitrogen and oxygen atoms in total. The summed E-state index contributed by atoms with van der Waals surface area (Å²) in [6, 6.07) is 14.5. The second-order valence-electron chi connectivity index (χ2n) is 5.94. The van der Waals surface area contributed by atoms with Crippen molar-refractivity contribution >= 4 is 28.4 Å². The third kappa shape index (κ3) is 4.64. The first-order valence-electron chi connectivity index (χ1n) is 8.47. The number of oxazole rings is 1. The molecule has 4 aromatic rings. The van der Waals surface area contributed by atoms with Gasteiger partial charge in [-0.15, -0.1) is 0 Å². The number of benzene rings is 3. The molecule has 3 aromatic carbocycles. The zero-order valence-electron chi connectivity index (χ0n) is 15.7. The lowest BCUT2D eigenvalue weighted by molar-refractivity contribution is 0.405. The number of ether oxygens (including phenoxy) is 2. The molecule has 0 fully saturated rings. The van der Waals surface area contributed by atoms with Gasteiger partial charge in [0.15, 0.2) is 5.58 Å². The second kappa shape index (κ2) is 8.62. The molecule has 0 atom stereocenters. The van der Waals surface area contributed by atoms with E-state index in [9.17, 15) is 10.2 Å². The molecule has 0 unspecified atom stereocenters. The standard InChI is InChI=1S/C13H8ClNO3.C8H11NO2/c14-10-5-7(16)1-3-9(10)13-15-11-6-8(17)2-4-12(11)18-13;1-10-6-3-4-8(11-2)7(9)5-6/h1-6,16-17H;3-5H,9H2,1-2H3. The van der Waals surface area contributed by atoms with Crippen LogP contribution >= 0.6 is 11.6 Å². The van der Waals surface area contributed by atoms with Crippen molar-refractivity contribution in [3.63, 3.8) is 0 Å². The summed E-state index contributed by atoms with van der Waals surface area (Å²) in [5.41, 5.74) is 7.89. The number of nitrogen functional groups attached to an aromatic ring is 1. The largest absolute Gasteiger partial charge is 0.508 e. The van der Waals surface area contributed by atoms with Gasteiger partial charge in [-0.25, -0.2) is 4.98 Å². The summed E-state index contributed by atoms with van der Waals surface area (Å²) < 4.78 is 15.5. The number of anilines is 1. The molecule has 0 aliphatic heterocycles. The van der Waals surface area contributed by atoms with Crippen LogP contribution in [0.3, 0.4) is 0 Å². The Kier molecular flexibility index (Phi) is 5.99. The molecule has 1 heterocycles. The molecule has 0 saturated heterocycles. The highest BCUT2D eigenvalue weighted by Crippen LogP contribution is 2.33. The summed E-state index contributed by atoms with van der Waals surface area (Å²) in [6.45, 7) is 0. The van der Waals surface area contributed by atoms with E-state index in [4.69, 9.17) is 31.2 Å². The highest BCUT2D eigenvalue weighted by atomic mass is 35.5. The van der Waals surface area contributed by atoms with Gasteiger partial charge in [-0.3, -0.25) is 0 Å². The van der Waals surface area contributed by atoms with Crippen molar-refractivity contribution in [3.05, 3.63) is 59.6 Å². The van der Waals surface area contributed by atoms with Crippen molar-refractivity contribution in [3.8, 4) is 34.5 Å². The molecule has 0 radical (unpaired) electrons. The number of nitrogens with two attached hydrogens (primary N) is 1. The van der Waals surface area contributed by atoms with Crippen LogP contribution in [0.1, 0.15) is 0 Å². The number of aromatic hydroxyl groups is 2. The summed E-state index contributed by atoms with van der Waals surface area (Å²) >= 11 is 6.01. The highest BCUT2D eigenvalue weighted by molar-refractivity contribution is 6.33. The minimum atomic E-state index is 0.0810. The second-order valence-corrected chi connectivity index (χ2v) is 6.35. The number of hydrogen-bond donors (Lipinski definition) is 3. The number of aromatic nitrogens is 1. The number of rotatable bonds is 3. The van der Waals surface area contributed by atoms with Crippen molar-refractivity contribution in [1.82, 2.24) is 4.98 Å². The Labute approximate surface area is 171 Å². The van der Waals surface area contributed by atoms with Gasteiger partial charge in [0.2, 0.25) is 5.89 Å². The van der Waals surface area contributed by atoms with Crippen LogP contribution in [0.2, 0.25) is 5.02 Å². The van der Waals surface area contributed by atoms with Gasteiger partial charge in [-0.1, -0.05) is 11.6 Å². The fraction of sp³-hybridized carbons (Fsp3) is 0.0952. The summed E-state index contributed by atoms with van der Waals surface area (Å²) in [7, 11) is 3.18. The van der Waals surface area contributed by atoms with Gasteiger partial charge in [-0.05, 0) is 42.5 Å². The highest BCUT2D eigenvalue weighted by Gasteiger charge is 2.12. The van der Waals surface area contributed by atoms with Gasteiger partial charge in [0.25, 0.3) is 0 Å². The van der Waals surface area contributed by atoms with Crippen LogP contribution in [0.25, 0.3) is 22.6 Å². The number of halogens is 1. The van der Waals surface area contributed by atoms with E-state index in [1.54, 1.807) is 44.6 Å². The van der Waals surface area contributed by atoms with Crippen LogP contribution in [0.4, 0.5) is 5.69 Å². The minimum Gasteiger partial charge on any atom is -0.508 e.